The van der Waals surface area contributed by atoms with Gasteiger partial charge in [0.1, 0.15) is 11.6 Å². The van der Waals surface area contributed by atoms with Crippen LogP contribution < -0.4 is 4.90 Å². The number of halogens is 2. The molecule has 0 spiro atoms. The molecule has 1 saturated heterocycles. The topological polar surface area (TPSA) is 36.4 Å². The minimum Gasteiger partial charge on any atom is -0.345 e. The molecule has 2 heterocycles. The largest absolute Gasteiger partial charge is 0.345 e. The van der Waals surface area contributed by atoms with E-state index in [4.69, 9.17) is 0 Å². The van der Waals surface area contributed by atoms with Gasteiger partial charge >= 0.3 is 0 Å². The van der Waals surface area contributed by atoms with Crippen LogP contribution in [-0.4, -0.2) is 42.0 Å². The van der Waals surface area contributed by atoms with Crippen LogP contribution in [0.4, 0.5) is 13.9 Å². The Balaban J connectivity index is 1.42. The highest BCUT2D eigenvalue weighted by Gasteiger charge is 2.25. The lowest BCUT2D eigenvalue weighted by Crippen LogP contribution is -2.49. The van der Waals surface area contributed by atoms with Gasteiger partial charge in [-0.05, 0) is 36.4 Å². The zero-order valence-corrected chi connectivity index (χ0v) is 15.3. The van der Waals surface area contributed by atoms with Gasteiger partial charge in [-0.25, -0.2) is 13.8 Å². The van der Waals surface area contributed by atoms with Crippen molar-refractivity contribution in [1.82, 2.24) is 9.88 Å². The Hall–Kier alpha value is -2.80. The van der Waals surface area contributed by atoms with E-state index in [2.05, 4.69) is 9.88 Å². The average Bonchev–Trinajstić information content (AvgIpc) is 3.19. The maximum absolute atomic E-state index is 13.8. The van der Waals surface area contributed by atoms with Crippen LogP contribution in [-0.2, 0) is 0 Å². The SMILES string of the molecule is O=C(c1ccccc1F)N1CCN(c2nc(-c3ccc(F)cc3)cs2)CC1. The highest BCUT2D eigenvalue weighted by Crippen LogP contribution is 2.28. The number of carbonyl (C=O) groups excluding carboxylic acids is 1. The number of rotatable bonds is 3. The van der Waals surface area contributed by atoms with Crippen LogP contribution >= 0.6 is 11.3 Å². The van der Waals surface area contributed by atoms with E-state index in [1.54, 1.807) is 29.2 Å². The Bertz CT molecular complexity index is 950. The third-order valence-electron chi connectivity index (χ3n) is 4.57. The zero-order chi connectivity index (χ0) is 18.8. The van der Waals surface area contributed by atoms with Crippen molar-refractivity contribution in [1.29, 1.82) is 0 Å². The average molecular weight is 385 g/mol. The summed E-state index contributed by atoms with van der Waals surface area (Å²) in [4.78, 5) is 20.9. The fourth-order valence-corrected chi connectivity index (χ4v) is 3.96. The Kier molecular flexibility index (Phi) is 4.85. The number of thiazole rings is 1. The molecular weight excluding hydrogens is 368 g/mol. The van der Waals surface area contributed by atoms with Crippen LogP contribution in [0.3, 0.4) is 0 Å². The van der Waals surface area contributed by atoms with Crippen molar-refractivity contribution in [3.63, 3.8) is 0 Å². The smallest absolute Gasteiger partial charge is 0.256 e. The van der Waals surface area contributed by atoms with Crippen molar-refractivity contribution in [2.75, 3.05) is 31.1 Å². The lowest BCUT2D eigenvalue weighted by molar-refractivity contribution is 0.0742. The summed E-state index contributed by atoms with van der Waals surface area (Å²) < 4.78 is 26.9. The fourth-order valence-electron chi connectivity index (χ4n) is 3.07. The standard InChI is InChI=1S/C20H17F2N3OS/c21-15-7-5-14(6-8-15)18-13-27-20(23-18)25-11-9-24(10-12-25)19(26)16-3-1-2-4-17(16)22/h1-8,13H,9-12H2. The normalized spacial score (nSPS) is 14.4. The first-order valence-corrected chi connectivity index (χ1v) is 9.50. The monoisotopic (exact) mass is 385 g/mol. The van der Waals surface area contributed by atoms with E-state index in [0.29, 0.717) is 26.2 Å². The Morgan fingerprint density at radius 1 is 0.963 bits per heavy atom. The quantitative estimate of drug-likeness (QED) is 0.683. The third kappa shape index (κ3) is 3.68. The lowest BCUT2D eigenvalue weighted by atomic mass is 10.1. The van der Waals surface area contributed by atoms with Gasteiger partial charge in [0.15, 0.2) is 5.13 Å². The Labute approximate surface area is 159 Å². The summed E-state index contributed by atoms with van der Waals surface area (Å²) in [5.41, 5.74) is 1.78. The van der Waals surface area contributed by atoms with Crippen LogP contribution in [0.5, 0.6) is 0 Å². The van der Waals surface area contributed by atoms with Crippen LogP contribution in [0.25, 0.3) is 11.3 Å². The van der Waals surface area contributed by atoms with Gasteiger partial charge in [-0.2, -0.15) is 0 Å². The number of amides is 1. The molecule has 1 aromatic heterocycles. The van der Waals surface area contributed by atoms with Gasteiger partial charge in [0.05, 0.1) is 11.3 Å². The molecule has 0 N–H and O–H groups in total. The van der Waals surface area contributed by atoms with Gasteiger partial charge in [0.2, 0.25) is 0 Å². The first kappa shape index (κ1) is 17.6. The summed E-state index contributed by atoms with van der Waals surface area (Å²) in [6.07, 6.45) is 0. The molecule has 0 unspecified atom stereocenters. The summed E-state index contributed by atoms with van der Waals surface area (Å²) in [5, 5.41) is 2.81. The van der Waals surface area contributed by atoms with Gasteiger partial charge in [-0.15, -0.1) is 11.3 Å². The minimum atomic E-state index is -0.492. The first-order chi connectivity index (χ1) is 13.1. The number of benzene rings is 2. The fraction of sp³-hybridized carbons (Fsp3) is 0.200. The van der Waals surface area contributed by atoms with Crippen molar-refractivity contribution >= 4 is 22.4 Å². The summed E-state index contributed by atoms with van der Waals surface area (Å²) in [6.45, 7) is 2.30. The lowest BCUT2D eigenvalue weighted by Gasteiger charge is -2.34. The number of nitrogens with zero attached hydrogens (tertiary/aromatic N) is 3. The van der Waals surface area contributed by atoms with Gasteiger partial charge in [0, 0.05) is 37.1 Å². The second kappa shape index (κ2) is 7.44. The molecule has 1 fully saturated rings. The van der Waals surface area contributed by atoms with Gasteiger partial charge in [-0.3, -0.25) is 4.79 Å². The number of anilines is 1. The summed E-state index contributed by atoms with van der Waals surface area (Å²) >= 11 is 1.52. The molecule has 4 nitrogen and oxygen atoms in total. The molecule has 0 bridgehead atoms. The van der Waals surface area contributed by atoms with E-state index in [1.165, 1.54) is 35.6 Å². The molecule has 27 heavy (non-hydrogen) atoms. The number of hydrogen-bond acceptors (Lipinski definition) is 4. The van der Waals surface area contributed by atoms with Crippen molar-refractivity contribution in [3.05, 3.63) is 71.1 Å². The van der Waals surface area contributed by atoms with E-state index in [9.17, 15) is 13.6 Å². The number of aromatic nitrogens is 1. The number of carbonyl (C=O) groups is 1. The second-order valence-electron chi connectivity index (χ2n) is 6.28. The molecule has 3 aromatic rings. The van der Waals surface area contributed by atoms with Crippen molar-refractivity contribution in [2.45, 2.75) is 0 Å². The van der Waals surface area contributed by atoms with Crippen LogP contribution in [0.1, 0.15) is 10.4 Å². The number of piperazine rings is 1. The molecule has 1 aliphatic rings. The number of hydrogen-bond donors (Lipinski definition) is 0. The maximum atomic E-state index is 13.8. The predicted molar refractivity (Wildman–Crippen MR) is 102 cm³/mol. The van der Waals surface area contributed by atoms with Crippen LogP contribution in [0.2, 0.25) is 0 Å². The predicted octanol–water partition coefficient (Wildman–Crippen LogP) is 4.05. The molecular formula is C20H17F2N3OS. The Morgan fingerprint density at radius 2 is 1.67 bits per heavy atom. The molecule has 2 aromatic carbocycles. The molecule has 0 aliphatic carbocycles. The molecule has 0 radical (unpaired) electrons. The maximum Gasteiger partial charge on any atom is 0.256 e. The highest BCUT2D eigenvalue weighted by atomic mass is 32.1. The van der Waals surface area contributed by atoms with E-state index < -0.39 is 5.82 Å². The molecule has 0 saturated carbocycles. The van der Waals surface area contributed by atoms with E-state index in [0.717, 1.165) is 16.4 Å². The van der Waals surface area contributed by atoms with Gasteiger partial charge < -0.3 is 9.80 Å². The second-order valence-corrected chi connectivity index (χ2v) is 7.12. The van der Waals surface area contributed by atoms with Crippen molar-refractivity contribution in [3.8, 4) is 11.3 Å². The zero-order valence-electron chi connectivity index (χ0n) is 14.4. The summed E-state index contributed by atoms with van der Waals surface area (Å²) in [6, 6.07) is 12.3. The highest BCUT2D eigenvalue weighted by molar-refractivity contribution is 7.14. The van der Waals surface area contributed by atoms with Gasteiger partial charge in [0.25, 0.3) is 5.91 Å². The molecule has 138 valence electrons. The Morgan fingerprint density at radius 3 is 2.37 bits per heavy atom. The molecule has 7 heteroatoms. The first-order valence-electron chi connectivity index (χ1n) is 8.62. The van der Waals surface area contributed by atoms with Crippen molar-refractivity contribution in [2.24, 2.45) is 0 Å². The van der Waals surface area contributed by atoms with E-state index in [-0.39, 0.29) is 17.3 Å². The van der Waals surface area contributed by atoms with Crippen LogP contribution in [0.15, 0.2) is 53.9 Å². The molecule has 1 amide bonds. The van der Waals surface area contributed by atoms with Crippen LogP contribution in [0, 0.1) is 11.6 Å². The molecule has 1 aliphatic heterocycles. The molecule has 0 atom stereocenters. The van der Waals surface area contributed by atoms with Gasteiger partial charge in [-0.1, -0.05) is 12.1 Å². The van der Waals surface area contributed by atoms with E-state index in [1.807, 2.05) is 5.38 Å². The summed E-state index contributed by atoms with van der Waals surface area (Å²) in [7, 11) is 0. The van der Waals surface area contributed by atoms with E-state index >= 15 is 0 Å². The third-order valence-corrected chi connectivity index (χ3v) is 5.48. The minimum absolute atomic E-state index is 0.110. The summed E-state index contributed by atoms with van der Waals surface area (Å²) in [5.74, 6) is -1.04. The molecule has 4 rings (SSSR count). The van der Waals surface area contributed by atoms with Crippen molar-refractivity contribution < 1.29 is 13.6 Å².